The maximum Gasteiger partial charge on any atom is 0.256 e. The number of amides is 1. The predicted molar refractivity (Wildman–Crippen MR) is 89.5 cm³/mol. The number of hydrogen-bond acceptors (Lipinski definition) is 3. The molecule has 0 bridgehead atoms. The first-order chi connectivity index (χ1) is 11.4. The summed E-state index contributed by atoms with van der Waals surface area (Å²) in [6, 6.07) is 6.13. The molecule has 4 nitrogen and oxygen atoms in total. The second-order valence-electron chi connectivity index (χ2n) is 7.36. The first-order valence-corrected chi connectivity index (χ1v) is 8.36. The van der Waals surface area contributed by atoms with E-state index in [9.17, 15) is 9.18 Å². The summed E-state index contributed by atoms with van der Waals surface area (Å²) in [7, 11) is 0. The molecule has 0 saturated carbocycles. The van der Waals surface area contributed by atoms with Crippen LogP contribution in [0.2, 0.25) is 0 Å². The van der Waals surface area contributed by atoms with Crippen molar-refractivity contribution in [3.8, 4) is 0 Å². The summed E-state index contributed by atoms with van der Waals surface area (Å²) in [5.41, 5.74) is 0.0781. The van der Waals surface area contributed by atoms with E-state index in [0.29, 0.717) is 13.1 Å². The summed E-state index contributed by atoms with van der Waals surface area (Å²) in [5.74, 6) is 1.13. The van der Waals surface area contributed by atoms with E-state index in [4.69, 9.17) is 4.42 Å². The van der Waals surface area contributed by atoms with Gasteiger partial charge in [-0.05, 0) is 25.0 Å². The molecule has 24 heavy (non-hydrogen) atoms. The molecule has 1 aliphatic rings. The molecule has 128 valence electrons. The fourth-order valence-electron chi connectivity index (χ4n) is 2.96. The van der Waals surface area contributed by atoms with Crippen molar-refractivity contribution < 1.29 is 13.6 Å². The minimum Gasteiger partial charge on any atom is -0.445 e. The number of aromatic nitrogens is 1. The third kappa shape index (κ3) is 3.35. The van der Waals surface area contributed by atoms with E-state index < -0.39 is 5.82 Å². The van der Waals surface area contributed by atoms with Gasteiger partial charge in [0.1, 0.15) is 11.6 Å². The number of oxazole rings is 1. The van der Waals surface area contributed by atoms with Gasteiger partial charge in [-0.25, -0.2) is 9.37 Å². The average molecular weight is 330 g/mol. The Labute approximate surface area is 141 Å². The van der Waals surface area contributed by atoms with Gasteiger partial charge < -0.3 is 9.32 Å². The Balaban J connectivity index is 1.65. The van der Waals surface area contributed by atoms with Crippen molar-refractivity contribution in [2.24, 2.45) is 0 Å². The van der Waals surface area contributed by atoms with Crippen molar-refractivity contribution in [1.82, 2.24) is 9.88 Å². The fraction of sp³-hybridized carbons (Fsp3) is 0.474. The number of carbonyl (C=O) groups is 1. The first kappa shape index (κ1) is 16.7. The highest BCUT2D eigenvalue weighted by atomic mass is 19.1. The standard InChI is InChI=1S/C19H23FN2O2/c1-19(2,3)16-12-21-17(24-16)13-8-10-22(11-9-13)18(23)14-6-4-5-7-15(14)20/h4-7,12-13H,8-11H2,1-3H3. The first-order valence-electron chi connectivity index (χ1n) is 8.36. The van der Waals surface area contributed by atoms with Crippen LogP contribution >= 0.6 is 0 Å². The van der Waals surface area contributed by atoms with Gasteiger partial charge in [0.2, 0.25) is 0 Å². The van der Waals surface area contributed by atoms with Gasteiger partial charge in [-0.1, -0.05) is 32.9 Å². The molecule has 0 N–H and O–H groups in total. The highest BCUT2D eigenvalue weighted by molar-refractivity contribution is 5.94. The largest absolute Gasteiger partial charge is 0.445 e. The summed E-state index contributed by atoms with van der Waals surface area (Å²) in [6.07, 6.45) is 3.36. The van der Waals surface area contributed by atoms with Gasteiger partial charge >= 0.3 is 0 Å². The predicted octanol–water partition coefficient (Wildman–Crippen LogP) is 4.13. The minimum absolute atomic E-state index is 0.0627. The van der Waals surface area contributed by atoms with Crippen LogP contribution in [0.5, 0.6) is 0 Å². The second-order valence-corrected chi connectivity index (χ2v) is 7.36. The molecule has 1 fully saturated rings. The SMILES string of the molecule is CC(C)(C)c1cnc(C2CCN(C(=O)c3ccccc3F)CC2)o1. The Kier molecular flexibility index (Phi) is 4.43. The lowest BCUT2D eigenvalue weighted by Gasteiger charge is -2.30. The molecule has 1 aromatic heterocycles. The van der Waals surface area contributed by atoms with Crippen molar-refractivity contribution in [3.63, 3.8) is 0 Å². The summed E-state index contributed by atoms with van der Waals surface area (Å²) >= 11 is 0. The van der Waals surface area contributed by atoms with Gasteiger partial charge in [-0.15, -0.1) is 0 Å². The average Bonchev–Trinajstić information content (AvgIpc) is 3.05. The van der Waals surface area contributed by atoms with Crippen molar-refractivity contribution >= 4 is 5.91 Å². The Morgan fingerprint density at radius 3 is 2.50 bits per heavy atom. The summed E-state index contributed by atoms with van der Waals surface area (Å²) < 4.78 is 19.7. The van der Waals surface area contributed by atoms with Crippen LogP contribution in [-0.2, 0) is 5.41 Å². The Morgan fingerprint density at radius 2 is 1.92 bits per heavy atom. The molecule has 1 amide bonds. The quantitative estimate of drug-likeness (QED) is 0.832. The van der Waals surface area contributed by atoms with E-state index in [-0.39, 0.29) is 22.8 Å². The lowest BCUT2D eigenvalue weighted by molar-refractivity contribution is 0.0701. The Bertz CT molecular complexity index is 725. The van der Waals surface area contributed by atoms with Crippen LogP contribution in [0.4, 0.5) is 4.39 Å². The maximum atomic E-state index is 13.8. The number of halogens is 1. The van der Waals surface area contributed by atoms with Crippen molar-refractivity contribution in [1.29, 1.82) is 0 Å². The summed E-state index contributed by atoms with van der Waals surface area (Å²) in [4.78, 5) is 18.6. The highest BCUT2D eigenvalue weighted by Crippen LogP contribution is 2.31. The van der Waals surface area contributed by atoms with Crippen LogP contribution in [0.15, 0.2) is 34.9 Å². The summed E-state index contributed by atoms with van der Waals surface area (Å²) in [5, 5.41) is 0. The molecule has 0 unspecified atom stereocenters. The Morgan fingerprint density at radius 1 is 1.25 bits per heavy atom. The third-order valence-corrected chi connectivity index (χ3v) is 4.50. The van der Waals surface area contributed by atoms with Gasteiger partial charge in [-0.3, -0.25) is 4.79 Å². The van der Waals surface area contributed by atoms with Crippen LogP contribution in [0.3, 0.4) is 0 Å². The van der Waals surface area contributed by atoms with E-state index >= 15 is 0 Å². The van der Waals surface area contributed by atoms with Gasteiger partial charge in [0, 0.05) is 24.4 Å². The lowest BCUT2D eigenvalue weighted by atomic mass is 9.94. The molecule has 1 aliphatic heterocycles. The van der Waals surface area contributed by atoms with E-state index in [0.717, 1.165) is 24.5 Å². The number of carbonyl (C=O) groups excluding carboxylic acids is 1. The van der Waals surface area contributed by atoms with E-state index in [1.54, 1.807) is 23.2 Å². The topological polar surface area (TPSA) is 46.3 Å². The van der Waals surface area contributed by atoms with Crippen LogP contribution in [0.1, 0.15) is 61.5 Å². The molecule has 1 aromatic carbocycles. The zero-order valence-corrected chi connectivity index (χ0v) is 14.4. The fourth-order valence-corrected chi connectivity index (χ4v) is 2.96. The van der Waals surface area contributed by atoms with Crippen LogP contribution in [-0.4, -0.2) is 28.9 Å². The highest BCUT2D eigenvalue weighted by Gasteiger charge is 2.29. The lowest BCUT2D eigenvalue weighted by Crippen LogP contribution is -2.38. The van der Waals surface area contributed by atoms with E-state index in [1.165, 1.54) is 12.1 Å². The number of piperidine rings is 1. The molecule has 5 heteroatoms. The number of nitrogens with zero attached hydrogens (tertiary/aromatic N) is 2. The number of likely N-dealkylation sites (tertiary alicyclic amines) is 1. The molecule has 2 heterocycles. The zero-order valence-electron chi connectivity index (χ0n) is 14.4. The van der Waals surface area contributed by atoms with Gasteiger partial charge in [0.15, 0.2) is 5.89 Å². The van der Waals surface area contributed by atoms with Crippen LogP contribution in [0.25, 0.3) is 0 Å². The molecular formula is C19H23FN2O2. The molecule has 0 radical (unpaired) electrons. The smallest absolute Gasteiger partial charge is 0.256 e. The monoisotopic (exact) mass is 330 g/mol. The minimum atomic E-state index is -0.466. The van der Waals surface area contributed by atoms with Crippen molar-refractivity contribution in [3.05, 3.63) is 53.5 Å². The van der Waals surface area contributed by atoms with Gasteiger partial charge in [-0.2, -0.15) is 0 Å². The molecule has 1 saturated heterocycles. The van der Waals surface area contributed by atoms with Crippen LogP contribution < -0.4 is 0 Å². The third-order valence-electron chi connectivity index (χ3n) is 4.50. The Hall–Kier alpha value is -2.17. The zero-order chi connectivity index (χ0) is 17.3. The second kappa shape index (κ2) is 6.38. The molecule has 0 spiro atoms. The number of benzene rings is 1. The van der Waals surface area contributed by atoms with Gasteiger partial charge in [0.25, 0.3) is 5.91 Å². The molecule has 0 aliphatic carbocycles. The normalized spacial score (nSPS) is 16.4. The van der Waals surface area contributed by atoms with Gasteiger partial charge in [0.05, 0.1) is 11.8 Å². The van der Waals surface area contributed by atoms with Crippen molar-refractivity contribution in [2.75, 3.05) is 13.1 Å². The molecule has 0 atom stereocenters. The van der Waals surface area contributed by atoms with E-state index in [2.05, 4.69) is 25.8 Å². The molecule has 2 aromatic rings. The molecular weight excluding hydrogens is 307 g/mol. The van der Waals surface area contributed by atoms with Crippen molar-refractivity contribution in [2.45, 2.75) is 44.9 Å². The van der Waals surface area contributed by atoms with E-state index in [1.807, 2.05) is 0 Å². The number of hydrogen-bond donors (Lipinski definition) is 0. The van der Waals surface area contributed by atoms with Crippen LogP contribution in [0, 0.1) is 5.82 Å². The summed E-state index contributed by atoms with van der Waals surface area (Å²) in [6.45, 7) is 7.45. The maximum absolute atomic E-state index is 13.8. The number of rotatable bonds is 2. The molecule has 3 rings (SSSR count).